The van der Waals surface area contributed by atoms with Crippen molar-refractivity contribution in [1.29, 1.82) is 0 Å². The van der Waals surface area contributed by atoms with Crippen molar-refractivity contribution in [1.82, 2.24) is 29.8 Å². The van der Waals surface area contributed by atoms with Crippen molar-refractivity contribution in [2.45, 2.75) is 12.8 Å². The predicted molar refractivity (Wildman–Crippen MR) is 112 cm³/mol. The van der Waals surface area contributed by atoms with E-state index in [-0.39, 0.29) is 5.91 Å². The molecule has 1 N–H and O–H groups in total. The summed E-state index contributed by atoms with van der Waals surface area (Å²) in [6.07, 6.45) is 5.90. The van der Waals surface area contributed by atoms with Crippen LogP contribution in [0, 0.1) is 0 Å². The standard InChI is InChI=1S/C19H34N8O/c1-20-19(21-6-4-5-7-25-10-8-23(2)9-11-25)26-12-13-27(18(28)16-26)17-14-22-24(3)15-17/h14-15H,4-13,16H2,1-3H3,(H,20,21). The molecular formula is C19H34N8O. The Morgan fingerprint density at radius 2 is 1.93 bits per heavy atom. The van der Waals surface area contributed by atoms with Crippen LogP contribution in [-0.2, 0) is 11.8 Å². The number of unbranched alkanes of at least 4 members (excludes halogenated alkanes) is 1. The highest BCUT2D eigenvalue weighted by Gasteiger charge is 2.27. The summed E-state index contributed by atoms with van der Waals surface area (Å²) in [7, 11) is 5.83. The molecule has 2 fully saturated rings. The molecule has 1 aromatic rings. The third-order valence-electron chi connectivity index (χ3n) is 5.52. The van der Waals surface area contributed by atoms with Crippen LogP contribution in [0.1, 0.15) is 12.8 Å². The molecule has 0 saturated carbocycles. The summed E-state index contributed by atoms with van der Waals surface area (Å²) in [5.74, 6) is 0.899. The number of hydrogen-bond acceptors (Lipinski definition) is 5. The smallest absolute Gasteiger partial charge is 0.246 e. The van der Waals surface area contributed by atoms with Crippen molar-refractivity contribution in [2.24, 2.45) is 12.0 Å². The van der Waals surface area contributed by atoms with Gasteiger partial charge in [0.25, 0.3) is 0 Å². The van der Waals surface area contributed by atoms with Crippen molar-refractivity contribution < 1.29 is 4.79 Å². The molecule has 0 radical (unpaired) electrons. The van der Waals surface area contributed by atoms with Crippen LogP contribution in [0.15, 0.2) is 17.4 Å². The second-order valence-electron chi connectivity index (χ2n) is 7.67. The third-order valence-corrected chi connectivity index (χ3v) is 5.52. The summed E-state index contributed by atoms with van der Waals surface area (Å²) in [5.41, 5.74) is 0.860. The number of amides is 1. The van der Waals surface area contributed by atoms with Crippen LogP contribution >= 0.6 is 0 Å². The molecule has 9 nitrogen and oxygen atoms in total. The van der Waals surface area contributed by atoms with E-state index < -0.39 is 0 Å². The summed E-state index contributed by atoms with van der Waals surface area (Å²) in [5, 5.41) is 7.58. The second kappa shape index (κ2) is 9.88. The number of nitrogens with zero attached hydrogens (tertiary/aromatic N) is 7. The first kappa shape index (κ1) is 20.6. The maximum Gasteiger partial charge on any atom is 0.246 e. The van der Waals surface area contributed by atoms with Crippen LogP contribution in [0.4, 0.5) is 5.69 Å². The van der Waals surface area contributed by atoms with Crippen LogP contribution < -0.4 is 10.2 Å². The summed E-state index contributed by atoms with van der Waals surface area (Å²) in [4.78, 5) is 25.7. The van der Waals surface area contributed by atoms with Crippen LogP contribution in [0.25, 0.3) is 0 Å². The zero-order chi connectivity index (χ0) is 19.9. The Balaban J connectivity index is 1.37. The molecule has 3 heterocycles. The minimum absolute atomic E-state index is 0.0808. The van der Waals surface area contributed by atoms with Crippen molar-refractivity contribution >= 4 is 17.6 Å². The SMILES string of the molecule is CN=C(NCCCCN1CCN(C)CC1)N1CCN(c2cnn(C)c2)C(=O)C1. The fourth-order valence-corrected chi connectivity index (χ4v) is 3.74. The van der Waals surface area contributed by atoms with Gasteiger partial charge < -0.3 is 24.9 Å². The maximum absolute atomic E-state index is 12.6. The molecule has 156 valence electrons. The number of nitrogens with one attached hydrogen (secondary N) is 1. The van der Waals surface area contributed by atoms with Gasteiger partial charge in [-0.2, -0.15) is 5.10 Å². The number of rotatable bonds is 6. The molecule has 0 atom stereocenters. The molecule has 3 rings (SSSR count). The number of anilines is 1. The molecule has 9 heteroatoms. The van der Waals surface area contributed by atoms with Gasteiger partial charge in [0.2, 0.25) is 5.91 Å². The summed E-state index contributed by atoms with van der Waals surface area (Å²) >= 11 is 0. The normalized spacial score (nSPS) is 20.1. The summed E-state index contributed by atoms with van der Waals surface area (Å²) < 4.78 is 1.72. The minimum Gasteiger partial charge on any atom is -0.356 e. The van der Waals surface area contributed by atoms with Crippen molar-refractivity contribution in [2.75, 3.05) is 77.9 Å². The first-order valence-electron chi connectivity index (χ1n) is 10.2. The van der Waals surface area contributed by atoms with Crippen molar-refractivity contribution in [3.63, 3.8) is 0 Å². The predicted octanol–water partition coefficient (Wildman–Crippen LogP) is -0.328. The number of guanidine groups is 1. The molecule has 0 spiro atoms. The molecule has 0 unspecified atom stereocenters. The quantitative estimate of drug-likeness (QED) is 0.408. The number of hydrogen-bond donors (Lipinski definition) is 1. The number of aryl methyl sites for hydroxylation is 1. The fraction of sp³-hybridized carbons (Fsp3) is 0.737. The molecular weight excluding hydrogens is 356 g/mol. The van der Waals surface area contributed by atoms with Crippen LogP contribution in [0.3, 0.4) is 0 Å². The van der Waals surface area contributed by atoms with Gasteiger partial charge in [0.05, 0.1) is 11.9 Å². The number of piperazine rings is 2. The highest BCUT2D eigenvalue weighted by molar-refractivity contribution is 5.98. The van der Waals surface area contributed by atoms with E-state index in [0.29, 0.717) is 13.1 Å². The zero-order valence-corrected chi connectivity index (χ0v) is 17.5. The van der Waals surface area contributed by atoms with E-state index in [4.69, 9.17) is 0 Å². The lowest BCUT2D eigenvalue weighted by Crippen LogP contribution is -2.55. The Morgan fingerprint density at radius 3 is 2.57 bits per heavy atom. The Labute approximate surface area is 168 Å². The Hall–Kier alpha value is -2.13. The van der Waals surface area contributed by atoms with E-state index in [2.05, 4.69) is 32.3 Å². The second-order valence-corrected chi connectivity index (χ2v) is 7.67. The van der Waals surface area contributed by atoms with Gasteiger partial charge in [-0.3, -0.25) is 14.5 Å². The Morgan fingerprint density at radius 1 is 1.14 bits per heavy atom. The molecule has 1 aromatic heterocycles. The fourth-order valence-electron chi connectivity index (χ4n) is 3.74. The van der Waals surface area contributed by atoms with E-state index in [9.17, 15) is 4.79 Å². The van der Waals surface area contributed by atoms with Gasteiger partial charge in [-0.05, 0) is 26.4 Å². The number of aliphatic imine (C=N–C) groups is 1. The Kier molecular flexibility index (Phi) is 7.27. The average Bonchev–Trinajstić information content (AvgIpc) is 3.12. The lowest BCUT2D eigenvalue weighted by atomic mass is 10.2. The molecule has 0 aliphatic carbocycles. The van der Waals surface area contributed by atoms with Gasteiger partial charge in [0.1, 0.15) is 6.54 Å². The highest BCUT2D eigenvalue weighted by atomic mass is 16.2. The number of carbonyl (C=O) groups is 1. The third kappa shape index (κ3) is 5.45. The van der Waals surface area contributed by atoms with Gasteiger partial charge in [-0.1, -0.05) is 0 Å². The lowest BCUT2D eigenvalue weighted by Gasteiger charge is -2.35. The zero-order valence-electron chi connectivity index (χ0n) is 17.5. The first-order chi connectivity index (χ1) is 13.6. The molecule has 0 bridgehead atoms. The number of carbonyl (C=O) groups excluding carboxylic acids is 1. The molecule has 2 aliphatic heterocycles. The topological polar surface area (TPSA) is 72.2 Å². The van der Waals surface area contributed by atoms with E-state index in [0.717, 1.165) is 37.7 Å². The van der Waals surface area contributed by atoms with Gasteiger partial charge >= 0.3 is 0 Å². The molecule has 0 aromatic carbocycles. The lowest BCUT2D eigenvalue weighted by molar-refractivity contribution is -0.120. The molecule has 28 heavy (non-hydrogen) atoms. The van der Waals surface area contributed by atoms with E-state index >= 15 is 0 Å². The van der Waals surface area contributed by atoms with Crippen LogP contribution in [0.5, 0.6) is 0 Å². The average molecular weight is 391 g/mol. The molecule has 2 saturated heterocycles. The van der Waals surface area contributed by atoms with Gasteiger partial charge in [-0.25, -0.2) is 0 Å². The first-order valence-corrected chi connectivity index (χ1v) is 10.2. The van der Waals surface area contributed by atoms with E-state index in [1.807, 2.05) is 18.1 Å². The van der Waals surface area contributed by atoms with Gasteiger partial charge in [0, 0.05) is 66.1 Å². The number of likely N-dealkylation sites (N-methyl/N-ethyl adjacent to an activating group) is 1. The van der Waals surface area contributed by atoms with Crippen molar-refractivity contribution in [3.05, 3.63) is 12.4 Å². The maximum atomic E-state index is 12.6. The van der Waals surface area contributed by atoms with Crippen molar-refractivity contribution in [3.8, 4) is 0 Å². The van der Waals surface area contributed by atoms with Crippen LogP contribution in [-0.4, -0.2) is 109 Å². The summed E-state index contributed by atoms with van der Waals surface area (Å²) in [6, 6.07) is 0. The number of aromatic nitrogens is 2. The van der Waals surface area contributed by atoms with E-state index in [1.165, 1.54) is 32.6 Å². The molecule has 2 aliphatic rings. The highest BCUT2D eigenvalue weighted by Crippen LogP contribution is 2.16. The summed E-state index contributed by atoms with van der Waals surface area (Å²) in [6.45, 7) is 8.50. The largest absolute Gasteiger partial charge is 0.356 e. The molecule has 1 amide bonds. The minimum atomic E-state index is 0.0808. The van der Waals surface area contributed by atoms with Gasteiger partial charge in [0.15, 0.2) is 5.96 Å². The van der Waals surface area contributed by atoms with E-state index in [1.54, 1.807) is 22.8 Å². The van der Waals surface area contributed by atoms with Gasteiger partial charge in [-0.15, -0.1) is 0 Å². The Bertz CT molecular complexity index is 665. The van der Waals surface area contributed by atoms with Crippen LogP contribution in [0.2, 0.25) is 0 Å². The monoisotopic (exact) mass is 390 g/mol.